The lowest BCUT2D eigenvalue weighted by atomic mass is 10.1. The van der Waals surface area contributed by atoms with Crippen LogP contribution in [0, 0.1) is 6.92 Å². The van der Waals surface area contributed by atoms with Crippen molar-refractivity contribution in [1.82, 2.24) is 0 Å². The molecule has 14 heavy (non-hydrogen) atoms. The predicted octanol–water partition coefficient (Wildman–Crippen LogP) is 2.39. The van der Waals surface area contributed by atoms with Crippen LogP contribution in [-0.2, 0) is 6.42 Å². The van der Waals surface area contributed by atoms with Crippen molar-refractivity contribution >= 4 is 5.69 Å². The number of rotatable bonds is 1. The molecule has 0 atom stereocenters. The first kappa shape index (κ1) is 10.7. The molecule has 0 spiro atoms. The predicted molar refractivity (Wildman–Crippen MR) is 47.0 cm³/mol. The average Bonchev–Trinajstić information content (AvgIpc) is 1.96. The maximum atomic E-state index is 12.0. The normalized spacial score (nSPS) is 11.7. The molecule has 0 unspecified atom stereocenters. The van der Waals surface area contributed by atoms with Crippen LogP contribution in [0.5, 0.6) is 5.75 Å². The number of nitrogen functional groups attached to an aromatic ring is 1. The lowest BCUT2D eigenvalue weighted by Crippen LogP contribution is -2.11. The van der Waals surface area contributed by atoms with Crippen molar-refractivity contribution in [2.45, 2.75) is 19.5 Å². The molecule has 0 aliphatic carbocycles. The summed E-state index contributed by atoms with van der Waals surface area (Å²) in [6.45, 7) is 1.55. The molecular weight excluding hydrogens is 195 g/mol. The Morgan fingerprint density at radius 3 is 2.36 bits per heavy atom. The summed E-state index contributed by atoms with van der Waals surface area (Å²) in [5, 5.41) is 9.19. The van der Waals surface area contributed by atoms with Gasteiger partial charge in [-0.25, -0.2) is 0 Å². The zero-order valence-electron chi connectivity index (χ0n) is 7.52. The van der Waals surface area contributed by atoms with Crippen LogP contribution in [0.25, 0.3) is 0 Å². The molecule has 0 saturated carbocycles. The molecule has 0 aliphatic rings. The van der Waals surface area contributed by atoms with Crippen molar-refractivity contribution in [1.29, 1.82) is 0 Å². The van der Waals surface area contributed by atoms with E-state index in [1.807, 2.05) is 0 Å². The molecule has 3 N–H and O–H groups in total. The first-order valence-electron chi connectivity index (χ1n) is 3.94. The first-order valence-corrected chi connectivity index (χ1v) is 3.94. The molecule has 0 bridgehead atoms. The number of aryl methyl sites for hydroxylation is 1. The van der Waals surface area contributed by atoms with Gasteiger partial charge in [-0.2, -0.15) is 13.2 Å². The molecule has 0 aromatic heterocycles. The molecule has 78 valence electrons. The number of hydrogen-bond acceptors (Lipinski definition) is 2. The molecule has 1 aromatic rings. The Hall–Kier alpha value is -1.39. The van der Waals surface area contributed by atoms with Gasteiger partial charge in [0.1, 0.15) is 5.75 Å². The molecule has 0 amide bonds. The monoisotopic (exact) mass is 205 g/mol. The SMILES string of the molecule is Cc1cc(CC(F)(F)F)cc(O)c1N. The Morgan fingerprint density at radius 1 is 1.36 bits per heavy atom. The smallest absolute Gasteiger partial charge is 0.393 e. The van der Waals surface area contributed by atoms with E-state index in [0.717, 1.165) is 6.07 Å². The van der Waals surface area contributed by atoms with Crippen molar-refractivity contribution in [3.8, 4) is 5.75 Å². The molecule has 5 heteroatoms. The molecule has 0 radical (unpaired) electrons. The minimum Gasteiger partial charge on any atom is -0.506 e. The van der Waals surface area contributed by atoms with Gasteiger partial charge in [0.05, 0.1) is 12.1 Å². The fraction of sp³-hybridized carbons (Fsp3) is 0.333. The van der Waals surface area contributed by atoms with Crippen LogP contribution < -0.4 is 5.73 Å². The number of anilines is 1. The van der Waals surface area contributed by atoms with Crippen molar-refractivity contribution in [3.05, 3.63) is 23.3 Å². The van der Waals surface area contributed by atoms with Gasteiger partial charge in [-0.05, 0) is 24.1 Å². The van der Waals surface area contributed by atoms with Gasteiger partial charge in [0, 0.05) is 0 Å². The Bertz CT molecular complexity index is 323. The molecule has 0 aliphatic heterocycles. The lowest BCUT2D eigenvalue weighted by molar-refractivity contribution is -0.127. The summed E-state index contributed by atoms with van der Waals surface area (Å²) in [5.74, 6) is -0.302. The van der Waals surface area contributed by atoms with E-state index < -0.39 is 12.6 Å². The average molecular weight is 205 g/mol. The molecule has 1 rings (SSSR count). The number of benzene rings is 1. The number of halogens is 3. The largest absolute Gasteiger partial charge is 0.506 e. The third kappa shape index (κ3) is 2.55. The number of nitrogens with two attached hydrogens (primary N) is 1. The van der Waals surface area contributed by atoms with Crippen molar-refractivity contribution in [2.24, 2.45) is 0 Å². The zero-order chi connectivity index (χ0) is 10.9. The van der Waals surface area contributed by atoms with E-state index in [9.17, 15) is 18.3 Å². The van der Waals surface area contributed by atoms with E-state index in [1.165, 1.54) is 6.07 Å². The van der Waals surface area contributed by atoms with Gasteiger partial charge in [0.15, 0.2) is 0 Å². The molecular formula is C9H10F3NO. The van der Waals surface area contributed by atoms with Gasteiger partial charge in [-0.15, -0.1) is 0 Å². The quantitative estimate of drug-likeness (QED) is 0.546. The van der Waals surface area contributed by atoms with Gasteiger partial charge in [-0.3, -0.25) is 0 Å². The molecule has 2 nitrogen and oxygen atoms in total. The Morgan fingerprint density at radius 2 is 1.93 bits per heavy atom. The fourth-order valence-electron chi connectivity index (χ4n) is 1.19. The lowest BCUT2D eigenvalue weighted by Gasteiger charge is -2.09. The van der Waals surface area contributed by atoms with Crippen LogP contribution in [0.4, 0.5) is 18.9 Å². The van der Waals surface area contributed by atoms with Gasteiger partial charge >= 0.3 is 6.18 Å². The highest BCUT2D eigenvalue weighted by atomic mass is 19.4. The maximum Gasteiger partial charge on any atom is 0.393 e. The standard InChI is InChI=1S/C9H10F3NO/c1-5-2-6(4-9(10,11)12)3-7(14)8(5)13/h2-3,14H,4,13H2,1H3. The van der Waals surface area contributed by atoms with E-state index >= 15 is 0 Å². The van der Waals surface area contributed by atoms with Crippen molar-refractivity contribution < 1.29 is 18.3 Å². The molecule has 0 fully saturated rings. The second-order valence-corrected chi connectivity index (χ2v) is 3.14. The Labute approximate surface area is 79.2 Å². The minimum absolute atomic E-state index is 0.0155. The summed E-state index contributed by atoms with van der Waals surface area (Å²) in [6, 6.07) is 2.36. The van der Waals surface area contributed by atoms with E-state index in [2.05, 4.69) is 0 Å². The Kier molecular flexibility index (Phi) is 2.59. The highest BCUT2D eigenvalue weighted by Gasteiger charge is 2.28. The van der Waals surface area contributed by atoms with E-state index in [1.54, 1.807) is 6.92 Å². The van der Waals surface area contributed by atoms with E-state index in [4.69, 9.17) is 5.73 Å². The van der Waals surface area contributed by atoms with Crippen LogP contribution in [0.3, 0.4) is 0 Å². The topological polar surface area (TPSA) is 46.2 Å². The summed E-state index contributed by atoms with van der Waals surface area (Å²) in [4.78, 5) is 0. The van der Waals surface area contributed by atoms with E-state index in [0.29, 0.717) is 5.56 Å². The third-order valence-corrected chi connectivity index (χ3v) is 1.83. The number of alkyl halides is 3. The van der Waals surface area contributed by atoms with Crippen LogP contribution in [0.15, 0.2) is 12.1 Å². The van der Waals surface area contributed by atoms with Crippen molar-refractivity contribution in [2.75, 3.05) is 5.73 Å². The highest BCUT2D eigenvalue weighted by molar-refractivity contribution is 5.58. The molecule has 0 saturated heterocycles. The summed E-state index contributed by atoms with van der Waals surface area (Å²) < 4.78 is 36.0. The van der Waals surface area contributed by atoms with Gasteiger partial charge < -0.3 is 10.8 Å². The van der Waals surface area contributed by atoms with Gasteiger partial charge in [0.25, 0.3) is 0 Å². The fourth-order valence-corrected chi connectivity index (χ4v) is 1.19. The number of phenolic OH excluding ortho intramolecular Hbond substituents is 1. The number of hydrogen-bond donors (Lipinski definition) is 2. The Balaban J connectivity index is 3.02. The van der Waals surface area contributed by atoms with Gasteiger partial charge in [-0.1, -0.05) is 6.07 Å². The minimum atomic E-state index is -4.27. The van der Waals surface area contributed by atoms with Gasteiger partial charge in [0.2, 0.25) is 0 Å². The summed E-state index contributed by atoms with van der Waals surface area (Å²) in [7, 11) is 0. The molecule has 0 heterocycles. The zero-order valence-corrected chi connectivity index (χ0v) is 7.52. The summed E-state index contributed by atoms with van der Waals surface area (Å²) in [5.41, 5.74) is 5.97. The number of aromatic hydroxyl groups is 1. The summed E-state index contributed by atoms with van der Waals surface area (Å²) in [6.07, 6.45) is -5.32. The number of phenols is 1. The van der Waals surface area contributed by atoms with Crippen LogP contribution >= 0.6 is 0 Å². The third-order valence-electron chi connectivity index (χ3n) is 1.83. The van der Waals surface area contributed by atoms with Crippen LogP contribution in [0.1, 0.15) is 11.1 Å². The molecule has 1 aromatic carbocycles. The summed E-state index contributed by atoms with van der Waals surface area (Å²) >= 11 is 0. The second-order valence-electron chi connectivity index (χ2n) is 3.14. The first-order chi connectivity index (χ1) is 6.29. The second kappa shape index (κ2) is 3.40. The van der Waals surface area contributed by atoms with Crippen LogP contribution in [0.2, 0.25) is 0 Å². The van der Waals surface area contributed by atoms with E-state index in [-0.39, 0.29) is 17.0 Å². The van der Waals surface area contributed by atoms with Crippen LogP contribution in [-0.4, -0.2) is 11.3 Å². The highest BCUT2D eigenvalue weighted by Crippen LogP contribution is 2.29. The van der Waals surface area contributed by atoms with Crippen molar-refractivity contribution in [3.63, 3.8) is 0 Å². The maximum absolute atomic E-state index is 12.0.